The van der Waals surface area contributed by atoms with Crippen LogP contribution in [0.5, 0.6) is 5.75 Å². The zero-order valence-electron chi connectivity index (χ0n) is 13.7. The number of ether oxygens (including phenoxy) is 1. The predicted molar refractivity (Wildman–Crippen MR) is 90.7 cm³/mol. The number of rotatable bonds is 4. The summed E-state index contributed by atoms with van der Waals surface area (Å²) in [6.07, 6.45) is -4.65. The Labute approximate surface area is 155 Å². The number of aromatic nitrogens is 2. The van der Waals surface area contributed by atoms with Crippen LogP contribution in [0.15, 0.2) is 46.9 Å². The van der Waals surface area contributed by atoms with Crippen molar-refractivity contribution in [2.24, 2.45) is 0 Å². The lowest BCUT2D eigenvalue weighted by atomic mass is 10.2. The van der Waals surface area contributed by atoms with Crippen molar-refractivity contribution in [3.05, 3.63) is 58.9 Å². The minimum absolute atomic E-state index is 0.0321. The number of anilines is 1. The molecule has 1 N–H and O–H groups in total. The molecule has 3 rings (SSSR count). The molecule has 1 amide bonds. The van der Waals surface area contributed by atoms with Crippen molar-refractivity contribution in [2.75, 3.05) is 12.4 Å². The lowest BCUT2D eigenvalue weighted by molar-refractivity contribution is -0.137. The summed E-state index contributed by atoms with van der Waals surface area (Å²) in [5, 5.41) is 9.18. The van der Waals surface area contributed by atoms with E-state index in [9.17, 15) is 18.0 Å². The maximum Gasteiger partial charge on any atom is 0.417 e. The first-order chi connectivity index (χ1) is 12.8. The normalized spacial score (nSPS) is 11.3. The van der Waals surface area contributed by atoms with Gasteiger partial charge in [-0.15, -0.1) is 10.2 Å². The van der Waals surface area contributed by atoms with Crippen molar-refractivity contribution in [3.63, 3.8) is 0 Å². The number of carbonyl (C=O) groups is 1. The fourth-order valence-corrected chi connectivity index (χ4v) is 2.47. The molecule has 140 valence electrons. The van der Waals surface area contributed by atoms with Crippen molar-refractivity contribution in [1.29, 1.82) is 0 Å². The van der Waals surface area contributed by atoms with Gasteiger partial charge in [0.05, 0.1) is 23.3 Å². The summed E-state index contributed by atoms with van der Waals surface area (Å²) < 4.78 is 49.2. The van der Waals surface area contributed by atoms with Crippen LogP contribution < -0.4 is 10.1 Å². The summed E-state index contributed by atoms with van der Waals surface area (Å²) in [7, 11) is 1.46. The monoisotopic (exact) mass is 397 g/mol. The van der Waals surface area contributed by atoms with E-state index < -0.39 is 28.6 Å². The summed E-state index contributed by atoms with van der Waals surface area (Å²) >= 11 is 5.55. The SMILES string of the molecule is COc1ccccc1-c1nnc(C(=O)Nc2ccc(Cl)c(C(F)(F)F)c2)o1. The molecule has 2 aromatic carbocycles. The molecule has 0 aliphatic rings. The van der Waals surface area contributed by atoms with Gasteiger partial charge in [-0.1, -0.05) is 23.7 Å². The van der Waals surface area contributed by atoms with E-state index in [2.05, 4.69) is 15.5 Å². The molecule has 0 spiro atoms. The maximum absolute atomic E-state index is 12.9. The lowest BCUT2D eigenvalue weighted by Gasteiger charge is -2.11. The number of amides is 1. The summed E-state index contributed by atoms with van der Waals surface area (Å²) in [6, 6.07) is 9.77. The van der Waals surface area contributed by atoms with Crippen molar-refractivity contribution in [1.82, 2.24) is 10.2 Å². The van der Waals surface area contributed by atoms with Crippen molar-refractivity contribution < 1.29 is 27.1 Å². The van der Waals surface area contributed by atoms with Crippen LogP contribution in [0.4, 0.5) is 18.9 Å². The minimum atomic E-state index is -4.65. The van der Waals surface area contributed by atoms with Crippen molar-refractivity contribution >= 4 is 23.2 Å². The van der Waals surface area contributed by atoms with Gasteiger partial charge in [0.1, 0.15) is 5.75 Å². The highest BCUT2D eigenvalue weighted by Gasteiger charge is 2.33. The van der Waals surface area contributed by atoms with Crippen LogP contribution >= 0.6 is 11.6 Å². The zero-order chi connectivity index (χ0) is 19.6. The largest absolute Gasteiger partial charge is 0.496 e. The third-order valence-corrected chi connectivity index (χ3v) is 3.82. The van der Waals surface area contributed by atoms with Crippen LogP contribution in [0.25, 0.3) is 11.5 Å². The number of nitrogens with one attached hydrogen (secondary N) is 1. The number of para-hydroxylation sites is 1. The molecular weight excluding hydrogens is 387 g/mol. The average Bonchev–Trinajstić information content (AvgIpc) is 3.12. The third-order valence-electron chi connectivity index (χ3n) is 3.49. The Hall–Kier alpha value is -3.07. The van der Waals surface area contributed by atoms with E-state index in [0.717, 1.165) is 12.1 Å². The quantitative estimate of drug-likeness (QED) is 0.692. The molecule has 10 heteroatoms. The van der Waals surface area contributed by atoms with Gasteiger partial charge in [0, 0.05) is 5.69 Å². The number of alkyl halides is 3. The van der Waals surface area contributed by atoms with E-state index in [1.165, 1.54) is 13.2 Å². The summed E-state index contributed by atoms with van der Waals surface area (Å²) in [4.78, 5) is 12.2. The summed E-state index contributed by atoms with van der Waals surface area (Å²) in [5.41, 5.74) is -0.714. The van der Waals surface area contributed by atoms with E-state index in [1.807, 2.05) is 0 Å². The highest BCUT2D eigenvalue weighted by molar-refractivity contribution is 6.31. The molecule has 6 nitrogen and oxygen atoms in total. The summed E-state index contributed by atoms with van der Waals surface area (Å²) in [5.74, 6) is -0.788. The number of hydrogen-bond acceptors (Lipinski definition) is 5. The Bertz CT molecular complexity index is 989. The molecule has 27 heavy (non-hydrogen) atoms. The standard InChI is InChI=1S/C17H11ClF3N3O3/c1-26-13-5-3-2-4-10(13)15-23-24-16(27-15)14(25)22-9-6-7-12(18)11(8-9)17(19,20)21/h2-8H,1H3,(H,22,25). The molecule has 0 saturated carbocycles. The molecule has 0 aliphatic carbocycles. The van der Waals surface area contributed by atoms with Gasteiger partial charge >= 0.3 is 18.0 Å². The Morgan fingerprint density at radius 3 is 2.63 bits per heavy atom. The van der Waals surface area contributed by atoms with Gasteiger partial charge in [0.25, 0.3) is 5.89 Å². The fourth-order valence-electron chi connectivity index (χ4n) is 2.25. The minimum Gasteiger partial charge on any atom is -0.496 e. The molecule has 0 unspecified atom stereocenters. The summed E-state index contributed by atoms with van der Waals surface area (Å²) in [6.45, 7) is 0. The molecule has 0 fully saturated rings. The number of nitrogens with zero attached hydrogens (tertiary/aromatic N) is 2. The molecule has 1 heterocycles. The highest BCUT2D eigenvalue weighted by Crippen LogP contribution is 2.36. The number of benzene rings is 2. The number of methoxy groups -OCH3 is 1. The molecule has 3 aromatic rings. The van der Waals surface area contributed by atoms with Crippen LogP contribution in [-0.2, 0) is 6.18 Å². The number of hydrogen-bond donors (Lipinski definition) is 1. The first-order valence-corrected chi connectivity index (χ1v) is 7.82. The highest BCUT2D eigenvalue weighted by atomic mass is 35.5. The lowest BCUT2D eigenvalue weighted by Crippen LogP contribution is -2.14. The first-order valence-electron chi connectivity index (χ1n) is 7.44. The topological polar surface area (TPSA) is 77.2 Å². The van der Waals surface area contributed by atoms with Crippen LogP contribution in [0.3, 0.4) is 0 Å². The van der Waals surface area contributed by atoms with Gasteiger partial charge in [0.15, 0.2) is 0 Å². The Balaban J connectivity index is 1.83. The molecule has 0 saturated heterocycles. The average molecular weight is 398 g/mol. The van der Waals surface area contributed by atoms with Gasteiger partial charge in [-0.25, -0.2) is 0 Å². The second-order valence-corrected chi connectivity index (χ2v) is 5.67. The van der Waals surface area contributed by atoms with Gasteiger partial charge in [-0.2, -0.15) is 13.2 Å². The van der Waals surface area contributed by atoms with Gasteiger partial charge in [-0.3, -0.25) is 4.79 Å². The van der Waals surface area contributed by atoms with E-state index in [0.29, 0.717) is 11.3 Å². The fraction of sp³-hybridized carbons (Fsp3) is 0.118. The number of carbonyl (C=O) groups excluding carboxylic acids is 1. The number of halogens is 4. The van der Waals surface area contributed by atoms with E-state index >= 15 is 0 Å². The molecule has 0 aliphatic heterocycles. The molecule has 0 radical (unpaired) electrons. The van der Waals surface area contributed by atoms with Gasteiger partial charge < -0.3 is 14.5 Å². The third kappa shape index (κ3) is 4.03. The van der Waals surface area contributed by atoms with Gasteiger partial charge in [-0.05, 0) is 30.3 Å². The van der Waals surface area contributed by atoms with Crippen molar-refractivity contribution in [3.8, 4) is 17.2 Å². The van der Waals surface area contributed by atoms with Gasteiger partial charge in [0.2, 0.25) is 0 Å². The van der Waals surface area contributed by atoms with Crippen LogP contribution in [0, 0.1) is 0 Å². The predicted octanol–water partition coefficient (Wildman–Crippen LogP) is 4.67. The van der Waals surface area contributed by atoms with Crippen LogP contribution in [-0.4, -0.2) is 23.2 Å². The molecule has 1 aromatic heterocycles. The van der Waals surface area contributed by atoms with E-state index in [1.54, 1.807) is 24.3 Å². The van der Waals surface area contributed by atoms with Crippen LogP contribution in [0.1, 0.15) is 16.2 Å². The van der Waals surface area contributed by atoms with Crippen LogP contribution in [0.2, 0.25) is 5.02 Å². The first kappa shape index (κ1) is 18.7. The second-order valence-electron chi connectivity index (χ2n) is 5.26. The Kier molecular flexibility index (Phi) is 5.04. The maximum atomic E-state index is 12.9. The van der Waals surface area contributed by atoms with E-state index in [-0.39, 0.29) is 11.6 Å². The smallest absolute Gasteiger partial charge is 0.417 e. The Morgan fingerprint density at radius 2 is 1.93 bits per heavy atom. The van der Waals surface area contributed by atoms with Crippen molar-refractivity contribution in [2.45, 2.75) is 6.18 Å². The zero-order valence-corrected chi connectivity index (χ0v) is 14.4. The second kappa shape index (κ2) is 7.28. The molecule has 0 atom stereocenters. The molecular formula is C17H11ClF3N3O3. The van der Waals surface area contributed by atoms with E-state index in [4.69, 9.17) is 20.8 Å². The Morgan fingerprint density at radius 1 is 1.19 bits per heavy atom. The molecule has 0 bridgehead atoms.